The van der Waals surface area contributed by atoms with E-state index in [1.54, 1.807) is 0 Å². The minimum Gasteiger partial charge on any atom is -0.339 e. The number of aliphatic imine (C=N–C) groups is 1. The van der Waals surface area contributed by atoms with Crippen LogP contribution in [0, 0.1) is 0 Å². The Hall–Kier alpha value is -1.68. The molecular formula is C11H9ClN4. The molecule has 2 aromatic rings. The Morgan fingerprint density at radius 3 is 3.00 bits per heavy atom. The van der Waals surface area contributed by atoms with Gasteiger partial charge in [0.2, 0.25) is 0 Å². The van der Waals surface area contributed by atoms with E-state index in [1.165, 1.54) is 11.9 Å². The molecule has 0 aromatic carbocycles. The summed E-state index contributed by atoms with van der Waals surface area (Å²) >= 11 is 5.99. The number of fused-ring (bicyclic) bond motifs is 1. The molecule has 80 valence electrons. The van der Waals surface area contributed by atoms with Crippen molar-refractivity contribution in [2.75, 3.05) is 6.54 Å². The highest BCUT2D eigenvalue weighted by Crippen LogP contribution is 2.25. The molecule has 1 N–H and O–H groups in total. The molecule has 0 amide bonds. The first-order valence-corrected chi connectivity index (χ1v) is 5.39. The first kappa shape index (κ1) is 9.54. The van der Waals surface area contributed by atoms with E-state index in [0.29, 0.717) is 5.15 Å². The second-order valence-corrected chi connectivity index (χ2v) is 3.95. The number of nitrogens with one attached hydrogen (secondary N) is 1. The maximum Gasteiger partial charge on any atom is 0.142 e. The minimum absolute atomic E-state index is 0.484. The SMILES string of the molecule is Clc1ncnc2[nH]c(C3=CCN=CC3)cc12. The summed E-state index contributed by atoms with van der Waals surface area (Å²) in [4.78, 5) is 15.5. The number of H-pyrrole nitrogens is 1. The Bertz CT molecular complexity index is 597. The van der Waals surface area contributed by atoms with E-state index < -0.39 is 0 Å². The molecule has 0 bridgehead atoms. The number of rotatable bonds is 1. The van der Waals surface area contributed by atoms with E-state index in [2.05, 4.69) is 26.0 Å². The first-order valence-electron chi connectivity index (χ1n) is 5.01. The zero-order chi connectivity index (χ0) is 11.0. The quantitative estimate of drug-likeness (QED) is 0.768. The molecule has 0 aliphatic carbocycles. The van der Waals surface area contributed by atoms with E-state index in [0.717, 1.165) is 29.7 Å². The summed E-state index contributed by atoms with van der Waals surface area (Å²) in [7, 11) is 0. The third kappa shape index (κ3) is 1.51. The lowest BCUT2D eigenvalue weighted by Crippen LogP contribution is -1.93. The molecule has 16 heavy (non-hydrogen) atoms. The summed E-state index contributed by atoms with van der Waals surface area (Å²) in [6, 6.07) is 1.99. The number of aromatic amines is 1. The van der Waals surface area contributed by atoms with Crippen LogP contribution >= 0.6 is 11.6 Å². The van der Waals surface area contributed by atoms with Gasteiger partial charge in [-0.1, -0.05) is 17.7 Å². The molecule has 5 heteroatoms. The van der Waals surface area contributed by atoms with Crippen LogP contribution in [0.25, 0.3) is 16.6 Å². The molecule has 0 spiro atoms. The van der Waals surface area contributed by atoms with E-state index in [9.17, 15) is 0 Å². The summed E-state index contributed by atoms with van der Waals surface area (Å²) in [5, 5.41) is 1.35. The normalized spacial score (nSPS) is 15.4. The zero-order valence-corrected chi connectivity index (χ0v) is 9.20. The standard InChI is InChI=1S/C11H9ClN4/c12-10-8-5-9(7-1-3-13-4-2-7)16-11(8)15-6-14-10/h1,4-6H,2-3H2,(H,14,15,16). The van der Waals surface area contributed by atoms with Gasteiger partial charge < -0.3 is 4.98 Å². The van der Waals surface area contributed by atoms with Gasteiger partial charge in [-0.2, -0.15) is 0 Å². The number of nitrogens with zero attached hydrogens (tertiary/aromatic N) is 3. The molecule has 0 fully saturated rings. The van der Waals surface area contributed by atoms with Crippen LogP contribution in [0.3, 0.4) is 0 Å². The molecule has 1 aliphatic rings. The minimum atomic E-state index is 0.484. The van der Waals surface area contributed by atoms with Crippen molar-refractivity contribution in [2.24, 2.45) is 4.99 Å². The van der Waals surface area contributed by atoms with E-state index >= 15 is 0 Å². The monoisotopic (exact) mass is 232 g/mol. The Morgan fingerprint density at radius 1 is 1.31 bits per heavy atom. The van der Waals surface area contributed by atoms with Crippen LogP contribution in [-0.4, -0.2) is 27.7 Å². The summed E-state index contributed by atoms with van der Waals surface area (Å²) in [5.74, 6) is 0. The molecule has 0 atom stereocenters. The highest BCUT2D eigenvalue weighted by molar-refractivity contribution is 6.34. The number of hydrogen-bond acceptors (Lipinski definition) is 3. The Morgan fingerprint density at radius 2 is 2.25 bits per heavy atom. The lowest BCUT2D eigenvalue weighted by atomic mass is 10.1. The van der Waals surface area contributed by atoms with Crippen molar-refractivity contribution in [2.45, 2.75) is 6.42 Å². The van der Waals surface area contributed by atoms with Gasteiger partial charge in [0.25, 0.3) is 0 Å². The number of dihydropyridines is 1. The van der Waals surface area contributed by atoms with Gasteiger partial charge in [-0.05, 0) is 11.6 Å². The summed E-state index contributed by atoms with van der Waals surface area (Å²) < 4.78 is 0. The van der Waals surface area contributed by atoms with Gasteiger partial charge in [-0.3, -0.25) is 4.99 Å². The maximum absolute atomic E-state index is 5.99. The molecular weight excluding hydrogens is 224 g/mol. The summed E-state index contributed by atoms with van der Waals surface area (Å²) in [6.07, 6.45) is 6.33. The summed E-state index contributed by atoms with van der Waals surface area (Å²) in [5.41, 5.74) is 3.05. The van der Waals surface area contributed by atoms with Gasteiger partial charge in [0, 0.05) is 18.3 Å². The van der Waals surface area contributed by atoms with Crippen molar-refractivity contribution < 1.29 is 0 Å². The van der Waals surface area contributed by atoms with Gasteiger partial charge in [-0.15, -0.1) is 0 Å². The van der Waals surface area contributed by atoms with Crippen molar-refractivity contribution >= 4 is 34.4 Å². The van der Waals surface area contributed by atoms with Crippen molar-refractivity contribution in [1.29, 1.82) is 0 Å². The van der Waals surface area contributed by atoms with Gasteiger partial charge in [0.05, 0.1) is 11.9 Å². The third-order valence-corrected chi connectivity index (χ3v) is 2.91. The average Bonchev–Trinajstić information content (AvgIpc) is 2.76. The van der Waals surface area contributed by atoms with E-state index in [-0.39, 0.29) is 0 Å². The van der Waals surface area contributed by atoms with Crippen molar-refractivity contribution in [3.05, 3.63) is 29.3 Å². The van der Waals surface area contributed by atoms with Crippen LogP contribution in [0.2, 0.25) is 5.15 Å². The average molecular weight is 233 g/mol. The Labute approximate surface area is 97.1 Å². The number of halogens is 1. The second-order valence-electron chi connectivity index (χ2n) is 3.59. The fourth-order valence-electron chi connectivity index (χ4n) is 1.79. The van der Waals surface area contributed by atoms with Crippen LogP contribution in [0.15, 0.2) is 23.5 Å². The molecule has 1 aliphatic heterocycles. The third-order valence-electron chi connectivity index (χ3n) is 2.61. The predicted octanol–water partition coefficient (Wildman–Crippen LogP) is 2.47. The predicted molar refractivity (Wildman–Crippen MR) is 64.9 cm³/mol. The van der Waals surface area contributed by atoms with Gasteiger partial charge >= 0.3 is 0 Å². The highest BCUT2D eigenvalue weighted by Gasteiger charge is 2.10. The largest absolute Gasteiger partial charge is 0.339 e. The van der Waals surface area contributed by atoms with E-state index in [4.69, 9.17) is 11.6 Å². The first-order chi connectivity index (χ1) is 7.84. The Kier molecular flexibility index (Phi) is 2.22. The van der Waals surface area contributed by atoms with Crippen molar-refractivity contribution in [1.82, 2.24) is 15.0 Å². The van der Waals surface area contributed by atoms with Crippen LogP contribution < -0.4 is 0 Å². The number of hydrogen-bond donors (Lipinski definition) is 1. The molecule has 0 radical (unpaired) electrons. The lowest BCUT2D eigenvalue weighted by Gasteiger charge is -2.04. The zero-order valence-electron chi connectivity index (χ0n) is 8.44. The van der Waals surface area contributed by atoms with Gasteiger partial charge in [-0.25, -0.2) is 9.97 Å². The molecule has 0 unspecified atom stereocenters. The van der Waals surface area contributed by atoms with Crippen molar-refractivity contribution in [3.8, 4) is 0 Å². The van der Waals surface area contributed by atoms with Gasteiger partial charge in [0.15, 0.2) is 0 Å². The Balaban J connectivity index is 2.12. The molecule has 0 saturated heterocycles. The summed E-state index contributed by atoms with van der Waals surface area (Å²) in [6.45, 7) is 0.740. The molecule has 3 heterocycles. The van der Waals surface area contributed by atoms with Crippen LogP contribution in [0.4, 0.5) is 0 Å². The molecule has 4 nitrogen and oxygen atoms in total. The fourth-order valence-corrected chi connectivity index (χ4v) is 1.97. The second kappa shape index (κ2) is 3.72. The van der Waals surface area contributed by atoms with Crippen molar-refractivity contribution in [3.63, 3.8) is 0 Å². The highest BCUT2D eigenvalue weighted by atomic mass is 35.5. The van der Waals surface area contributed by atoms with Crippen LogP contribution in [-0.2, 0) is 0 Å². The van der Waals surface area contributed by atoms with Crippen LogP contribution in [0.1, 0.15) is 12.1 Å². The molecule has 0 saturated carbocycles. The molecule has 2 aromatic heterocycles. The maximum atomic E-state index is 5.99. The number of aromatic nitrogens is 3. The smallest absolute Gasteiger partial charge is 0.142 e. The molecule has 3 rings (SSSR count). The number of allylic oxidation sites excluding steroid dienone is 1. The topological polar surface area (TPSA) is 53.9 Å². The fraction of sp³-hybridized carbons (Fsp3) is 0.182. The van der Waals surface area contributed by atoms with E-state index in [1.807, 2.05) is 12.3 Å². The van der Waals surface area contributed by atoms with Crippen LogP contribution in [0.5, 0.6) is 0 Å². The van der Waals surface area contributed by atoms with Gasteiger partial charge in [0.1, 0.15) is 17.1 Å². The lowest BCUT2D eigenvalue weighted by molar-refractivity contribution is 1.17.